The van der Waals surface area contributed by atoms with Gasteiger partial charge in [0.25, 0.3) is 0 Å². The molecule has 0 aliphatic carbocycles. The predicted octanol–water partition coefficient (Wildman–Crippen LogP) is 1.03. The maximum atomic E-state index is 11.5. The zero-order valence-corrected chi connectivity index (χ0v) is 7.99. The average molecular weight is 182 g/mol. The third-order valence-corrected chi connectivity index (χ3v) is 1.86. The van der Waals surface area contributed by atoms with Crippen LogP contribution in [0.15, 0.2) is 12.3 Å². The quantitative estimate of drug-likeness (QED) is 0.504. The van der Waals surface area contributed by atoms with Crippen LogP contribution in [0.25, 0.3) is 0 Å². The molecule has 0 bridgehead atoms. The fourth-order valence-electron chi connectivity index (χ4n) is 1.15. The van der Waals surface area contributed by atoms with Gasteiger partial charge in [0.1, 0.15) is 5.69 Å². The molecule has 1 rings (SSSR count). The highest BCUT2D eigenvalue weighted by molar-refractivity contribution is 5.94. The van der Waals surface area contributed by atoms with Gasteiger partial charge >= 0.3 is 0 Å². The van der Waals surface area contributed by atoms with Crippen LogP contribution < -0.4 is 0 Å². The summed E-state index contributed by atoms with van der Waals surface area (Å²) in [6.07, 6.45) is 2.91. The molecule has 0 N–H and O–H groups in total. The maximum absolute atomic E-state index is 11.5. The number of ether oxygens (including phenoxy) is 1. The summed E-state index contributed by atoms with van der Waals surface area (Å²) >= 11 is 0. The first kappa shape index (κ1) is 9.92. The Hall–Kier alpha value is -1.16. The molecule has 0 atom stereocenters. The van der Waals surface area contributed by atoms with Crippen molar-refractivity contribution in [2.24, 2.45) is 7.05 Å². The molecule has 1 heterocycles. The summed E-state index contributed by atoms with van der Waals surface area (Å²) in [7, 11) is 3.40. The lowest BCUT2D eigenvalue weighted by molar-refractivity contribution is 0.0954. The van der Waals surface area contributed by atoms with E-state index in [1.807, 2.05) is 0 Å². The highest BCUT2D eigenvalue weighted by Crippen LogP contribution is 2.03. The third-order valence-electron chi connectivity index (χ3n) is 1.86. The smallest absolute Gasteiger partial charge is 0.180 e. The van der Waals surface area contributed by atoms with E-state index in [0.29, 0.717) is 18.7 Å². The second-order valence-electron chi connectivity index (χ2n) is 2.86. The first-order chi connectivity index (χ1) is 6.25. The molecular formula is C9H14N2O2. The molecule has 4 nitrogen and oxygen atoms in total. The monoisotopic (exact) mass is 182 g/mol. The van der Waals surface area contributed by atoms with E-state index in [1.165, 1.54) is 0 Å². The number of aromatic nitrogens is 2. The number of carbonyl (C=O) groups excluding carboxylic acids is 1. The Labute approximate surface area is 77.5 Å². The van der Waals surface area contributed by atoms with Crippen molar-refractivity contribution in [3.63, 3.8) is 0 Å². The third kappa shape index (κ3) is 2.66. The number of hydrogen-bond donors (Lipinski definition) is 0. The number of nitrogens with zero attached hydrogens (tertiary/aromatic N) is 2. The molecular weight excluding hydrogens is 168 g/mol. The normalized spacial score (nSPS) is 10.3. The number of rotatable bonds is 5. The molecule has 0 saturated carbocycles. The summed E-state index contributed by atoms with van der Waals surface area (Å²) in [5.41, 5.74) is 0.663. The number of ketones is 1. The maximum Gasteiger partial charge on any atom is 0.180 e. The highest BCUT2D eigenvalue weighted by Gasteiger charge is 2.08. The summed E-state index contributed by atoms with van der Waals surface area (Å²) in [4.78, 5) is 11.5. The van der Waals surface area contributed by atoms with Crippen LogP contribution in [0.4, 0.5) is 0 Å². The van der Waals surface area contributed by atoms with Crippen molar-refractivity contribution in [3.8, 4) is 0 Å². The van der Waals surface area contributed by atoms with Gasteiger partial charge in [-0.3, -0.25) is 9.48 Å². The summed E-state index contributed by atoms with van der Waals surface area (Å²) < 4.78 is 6.46. The standard InChI is InChI=1S/C9H14N2O2/c1-11-8(5-6-10-11)9(12)4-3-7-13-2/h5-6H,3-4,7H2,1-2H3. The van der Waals surface area contributed by atoms with Crippen molar-refractivity contribution in [2.75, 3.05) is 13.7 Å². The minimum absolute atomic E-state index is 0.122. The van der Waals surface area contributed by atoms with Gasteiger partial charge in [-0.05, 0) is 12.5 Å². The van der Waals surface area contributed by atoms with E-state index in [9.17, 15) is 4.79 Å². The van der Waals surface area contributed by atoms with E-state index in [-0.39, 0.29) is 5.78 Å². The molecule has 0 unspecified atom stereocenters. The Morgan fingerprint density at radius 3 is 3.00 bits per heavy atom. The van der Waals surface area contributed by atoms with Crippen LogP contribution in [-0.4, -0.2) is 29.3 Å². The van der Waals surface area contributed by atoms with Crippen LogP contribution >= 0.6 is 0 Å². The molecule has 1 aromatic heterocycles. The predicted molar refractivity (Wildman–Crippen MR) is 48.6 cm³/mol. The summed E-state index contributed by atoms with van der Waals surface area (Å²) in [5, 5.41) is 3.93. The van der Waals surface area contributed by atoms with Crippen LogP contribution in [0.3, 0.4) is 0 Å². The molecule has 0 aromatic carbocycles. The zero-order valence-electron chi connectivity index (χ0n) is 7.99. The van der Waals surface area contributed by atoms with Gasteiger partial charge < -0.3 is 4.74 Å². The fourth-order valence-corrected chi connectivity index (χ4v) is 1.15. The zero-order chi connectivity index (χ0) is 9.68. The van der Waals surface area contributed by atoms with E-state index in [0.717, 1.165) is 6.42 Å². The first-order valence-corrected chi connectivity index (χ1v) is 4.26. The molecule has 0 radical (unpaired) electrons. The number of Topliss-reactive ketones (excluding diaryl/α,β-unsaturated/α-hetero) is 1. The molecule has 13 heavy (non-hydrogen) atoms. The molecule has 0 spiro atoms. The van der Waals surface area contributed by atoms with Crippen LogP contribution in [0.1, 0.15) is 23.3 Å². The number of hydrogen-bond acceptors (Lipinski definition) is 3. The van der Waals surface area contributed by atoms with Gasteiger partial charge in [-0.25, -0.2) is 0 Å². The van der Waals surface area contributed by atoms with Gasteiger partial charge in [-0.1, -0.05) is 0 Å². The molecule has 72 valence electrons. The summed E-state index contributed by atoms with van der Waals surface area (Å²) in [5.74, 6) is 0.122. The minimum atomic E-state index is 0.122. The first-order valence-electron chi connectivity index (χ1n) is 4.26. The van der Waals surface area contributed by atoms with Gasteiger partial charge in [0.2, 0.25) is 0 Å². The van der Waals surface area contributed by atoms with Crippen molar-refractivity contribution in [1.29, 1.82) is 0 Å². The van der Waals surface area contributed by atoms with E-state index >= 15 is 0 Å². The molecule has 0 fully saturated rings. The molecule has 0 saturated heterocycles. The lowest BCUT2D eigenvalue weighted by Crippen LogP contribution is -2.07. The SMILES string of the molecule is COCCCC(=O)c1ccnn1C. The van der Waals surface area contributed by atoms with Crippen molar-refractivity contribution in [2.45, 2.75) is 12.8 Å². The van der Waals surface area contributed by atoms with E-state index in [4.69, 9.17) is 4.74 Å². The van der Waals surface area contributed by atoms with Crippen LogP contribution in [-0.2, 0) is 11.8 Å². The van der Waals surface area contributed by atoms with Crippen LogP contribution in [0, 0.1) is 0 Å². The highest BCUT2D eigenvalue weighted by atomic mass is 16.5. The van der Waals surface area contributed by atoms with Gasteiger partial charge in [-0.2, -0.15) is 5.10 Å². The van der Waals surface area contributed by atoms with Crippen molar-refractivity contribution >= 4 is 5.78 Å². The van der Waals surface area contributed by atoms with Gasteiger partial charge in [-0.15, -0.1) is 0 Å². The van der Waals surface area contributed by atoms with Crippen molar-refractivity contribution in [3.05, 3.63) is 18.0 Å². The topological polar surface area (TPSA) is 44.1 Å². The average Bonchev–Trinajstić information content (AvgIpc) is 2.52. The lowest BCUT2D eigenvalue weighted by Gasteiger charge is -2.00. The Morgan fingerprint density at radius 2 is 2.46 bits per heavy atom. The van der Waals surface area contributed by atoms with Crippen molar-refractivity contribution < 1.29 is 9.53 Å². The second-order valence-corrected chi connectivity index (χ2v) is 2.86. The van der Waals surface area contributed by atoms with Crippen LogP contribution in [0.2, 0.25) is 0 Å². The number of aryl methyl sites for hydroxylation is 1. The van der Waals surface area contributed by atoms with Crippen LogP contribution in [0.5, 0.6) is 0 Å². The molecule has 0 amide bonds. The van der Waals surface area contributed by atoms with E-state index < -0.39 is 0 Å². The lowest BCUT2D eigenvalue weighted by atomic mass is 10.2. The minimum Gasteiger partial charge on any atom is -0.385 e. The summed E-state index contributed by atoms with van der Waals surface area (Å²) in [6.45, 7) is 0.629. The Balaban J connectivity index is 2.45. The Kier molecular flexibility index (Phi) is 3.64. The summed E-state index contributed by atoms with van der Waals surface area (Å²) in [6, 6.07) is 1.73. The Morgan fingerprint density at radius 1 is 1.69 bits per heavy atom. The molecule has 1 aromatic rings. The molecule has 0 aliphatic heterocycles. The number of methoxy groups -OCH3 is 1. The van der Waals surface area contributed by atoms with E-state index in [1.54, 1.807) is 31.1 Å². The molecule has 4 heteroatoms. The van der Waals surface area contributed by atoms with Gasteiger partial charge in [0.05, 0.1) is 0 Å². The Bertz CT molecular complexity index is 281. The van der Waals surface area contributed by atoms with Crippen molar-refractivity contribution in [1.82, 2.24) is 9.78 Å². The van der Waals surface area contributed by atoms with Gasteiger partial charge in [0.15, 0.2) is 5.78 Å². The number of carbonyl (C=O) groups is 1. The fraction of sp³-hybridized carbons (Fsp3) is 0.556. The second kappa shape index (κ2) is 4.77. The largest absolute Gasteiger partial charge is 0.385 e. The molecule has 0 aliphatic rings. The van der Waals surface area contributed by atoms with E-state index in [2.05, 4.69) is 5.10 Å². The van der Waals surface area contributed by atoms with Gasteiger partial charge in [0, 0.05) is 33.4 Å².